The summed E-state index contributed by atoms with van der Waals surface area (Å²) >= 11 is 1.73. The number of aryl methyl sites for hydroxylation is 1. The standard InChI is InChI=1S/C20H26N2O3S/c1-15-5-3-6-18(16(15)2)25-14-20(23)21-13-17(19-7-4-12-26-19)22-8-10-24-11-9-22/h3-7,12,17H,8-11,13-14H2,1-2H3,(H,21,23). The molecule has 5 nitrogen and oxygen atoms in total. The number of hydrogen-bond donors (Lipinski definition) is 1. The van der Waals surface area contributed by atoms with E-state index in [-0.39, 0.29) is 18.6 Å². The SMILES string of the molecule is Cc1cccc(OCC(=O)NCC(c2cccs2)N2CCOCC2)c1C. The van der Waals surface area contributed by atoms with Crippen molar-refractivity contribution < 1.29 is 14.3 Å². The van der Waals surface area contributed by atoms with Crippen molar-refractivity contribution in [3.8, 4) is 5.75 Å². The highest BCUT2D eigenvalue weighted by molar-refractivity contribution is 7.10. The van der Waals surface area contributed by atoms with Crippen molar-refractivity contribution in [2.45, 2.75) is 19.9 Å². The van der Waals surface area contributed by atoms with Crippen LogP contribution < -0.4 is 10.1 Å². The number of carbonyl (C=O) groups is 1. The topological polar surface area (TPSA) is 50.8 Å². The molecule has 2 heterocycles. The molecule has 1 N–H and O–H groups in total. The molecular formula is C20H26N2O3S. The van der Waals surface area contributed by atoms with Crippen LogP contribution in [0.15, 0.2) is 35.7 Å². The number of morpholine rings is 1. The van der Waals surface area contributed by atoms with Crippen LogP contribution in [0.3, 0.4) is 0 Å². The normalized spacial score (nSPS) is 16.2. The number of hydrogen-bond acceptors (Lipinski definition) is 5. The fourth-order valence-corrected chi connectivity index (χ4v) is 3.93. The van der Waals surface area contributed by atoms with E-state index >= 15 is 0 Å². The predicted molar refractivity (Wildman–Crippen MR) is 104 cm³/mol. The van der Waals surface area contributed by atoms with Gasteiger partial charge in [0.25, 0.3) is 5.91 Å². The highest BCUT2D eigenvalue weighted by Gasteiger charge is 2.24. The van der Waals surface area contributed by atoms with Crippen LogP contribution in [0.25, 0.3) is 0 Å². The Morgan fingerprint density at radius 3 is 2.81 bits per heavy atom. The summed E-state index contributed by atoms with van der Waals surface area (Å²) in [6.07, 6.45) is 0. The Morgan fingerprint density at radius 1 is 1.27 bits per heavy atom. The van der Waals surface area contributed by atoms with E-state index in [0.29, 0.717) is 6.54 Å². The molecule has 1 unspecified atom stereocenters. The third kappa shape index (κ3) is 4.84. The molecule has 1 aliphatic heterocycles. The van der Waals surface area contributed by atoms with Crippen LogP contribution in [0.1, 0.15) is 22.0 Å². The quantitative estimate of drug-likeness (QED) is 0.810. The Balaban J connectivity index is 1.54. The first-order valence-corrected chi connectivity index (χ1v) is 9.84. The average molecular weight is 375 g/mol. The van der Waals surface area contributed by atoms with Gasteiger partial charge < -0.3 is 14.8 Å². The molecule has 140 valence electrons. The van der Waals surface area contributed by atoms with Gasteiger partial charge in [-0.3, -0.25) is 9.69 Å². The van der Waals surface area contributed by atoms with Gasteiger partial charge in [-0.15, -0.1) is 11.3 Å². The van der Waals surface area contributed by atoms with E-state index < -0.39 is 0 Å². The van der Waals surface area contributed by atoms with Gasteiger partial charge in [0, 0.05) is 24.5 Å². The molecule has 1 fully saturated rings. The van der Waals surface area contributed by atoms with E-state index in [1.54, 1.807) is 11.3 Å². The van der Waals surface area contributed by atoms with Crippen LogP contribution in [0.5, 0.6) is 5.75 Å². The fraction of sp³-hybridized carbons (Fsp3) is 0.450. The molecule has 1 atom stereocenters. The summed E-state index contributed by atoms with van der Waals surface area (Å²) in [5, 5.41) is 5.11. The van der Waals surface area contributed by atoms with Gasteiger partial charge in [0.15, 0.2) is 6.61 Å². The maximum atomic E-state index is 12.3. The minimum atomic E-state index is -0.0966. The zero-order chi connectivity index (χ0) is 18.4. The maximum Gasteiger partial charge on any atom is 0.258 e. The summed E-state index contributed by atoms with van der Waals surface area (Å²) in [5.74, 6) is 0.670. The number of carbonyl (C=O) groups excluding carboxylic acids is 1. The third-order valence-corrected chi connectivity index (χ3v) is 5.74. The summed E-state index contributed by atoms with van der Waals surface area (Å²) in [7, 11) is 0. The molecule has 0 aliphatic carbocycles. The molecule has 0 radical (unpaired) electrons. The Kier molecular flexibility index (Phi) is 6.66. The summed E-state index contributed by atoms with van der Waals surface area (Å²) in [4.78, 5) is 15.9. The molecule has 1 aromatic heterocycles. The Morgan fingerprint density at radius 2 is 2.08 bits per heavy atom. The highest BCUT2D eigenvalue weighted by atomic mass is 32.1. The number of thiophene rings is 1. The molecule has 1 amide bonds. The molecule has 1 saturated heterocycles. The summed E-state index contributed by atoms with van der Waals surface area (Å²) in [6, 6.07) is 10.3. The van der Waals surface area contributed by atoms with Crippen LogP contribution in [0.2, 0.25) is 0 Å². The zero-order valence-electron chi connectivity index (χ0n) is 15.4. The van der Waals surface area contributed by atoms with Crippen molar-refractivity contribution in [3.63, 3.8) is 0 Å². The number of rotatable bonds is 7. The molecule has 3 rings (SSSR count). The van der Waals surface area contributed by atoms with Gasteiger partial charge in [0.05, 0.1) is 19.3 Å². The number of amides is 1. The molecule has 1 aliphatic rings. The number of nitrogens with zero attached hydrogens (tertiary/aromatic N) is 1. The second kappa shape index (κ2) is 9.16. The average Bonchev–Trinajstić information content (AvgIpc) is 3.18. The van der Waals surface area contributed by atoms with Crippen molar-refractivity contribution in [2.75, 3.05) is 39.5 Å². The van der Waals surface area contributed by atoms with E-state index in [2.05, 4.69) is 27.7 Å². The first kappa shape index (κ1) is 18.9. The summed E-state index contributed by atoms with van der Waals surface area (Å²) in [5.41, 5.74) is 2.23. The molecule has 2 aromatic rings. The molecular weight excluding hydrogens is 348 g/mol. The predicted octanol–water partition coefficient (Wildman–Crippen LogP) is 2.93. The van der Waals surface area contributed by atoms with Crippen LogP contribution >= 0.6 is 11.3 Å². The van der Waals surface area contributed by atoms with E-state index in [9.17, 15) is 4.79 Å². The number of nitrogens with one attached hydrogen (secondary N) is 1. The maximum absolute atomic E-state index is 12.3. The van der Waals surface area contributed by atoms with Crippen molar-refractivity contribution >= 4 is 17.2 Å². The Hall–Kier alpha value is -1.89. The van der Waals surface area contributed by atoms with Gasteiger partial charge in [-0.25, -0.2) is 0 Å². The van der Waals surface area contributed by atoms with Gasteiger partial charge >= 0.3 is 0 Å². The summed E-state index contributed by atoms with van der Waals surface area (Å²) < 4.78 is 11.2. The Bertz CT molecular complexity index is 712. The molecule has 0 bridgehead atoms. The molecule has 0 saturated carbocycles. The zero-order valence-corrected chi connectivity index (χ0v) is 16.2. The molecule has 0 spiro atoms. The molecule has 26 heavy (non-hydrogen) atoms. The van der Waals surface area contributed by atoms with E-state index in [4.69, 9.17) is 9.47 Å². The Labute approximate surface area is 158 Å². The van der Waals surface area contributed by atoms with Crippen LogP contribution in [0, 0.1) is 13.8 Å². The van der Waals surface area contributed by atoms with Gasteiger partial charge in [-0.2, -0.15) is 0 Å². The number of ether oxygens (including phenoxy) is 2. The lowest BCUT2D eigenvalue weighted by atomic mass is 10.1. The van der Waals surface area contributed by atoms with Crippen LogP contribution in [-0.4, -0.2) is 50.3 Å². The van der Waals surface area contributed by atoms with Crippen molar-refractivity contribution in [1.82, 2.24) is 10.2 Å². The fourth-order valence-electron chi connectivity index (χ4n) is 3.07. The summed E-state index contributed by atoms with van der Waals surface area (Å²) in [6.45, 7) is 7.91. The van der Waals surface area contributed by atoms with E-state index in [0.717, 1.165) is 43.2 Å². The van der Waals surface area contributed by atoms with E-state index in [1.165, 1.54) is 4.88 Å². The van der Waals surface area contributed by atoms with Gasteiger partial charge in [0.1, 0.15) is 5.75 Å². The smallest absolute Gasteiger partial charge is 0.258 e. The lowest BCUT2D eigenvalue weighted by Gasteiger charge is -2.34. The lowest BCUT2D eigenvalue weighted by molar-refractivity contribution is -0.123. The molecule has 6 heteroatoms. The first-order valence-electron chi connectivity index (χ1n) is 8.96. The van der Waals surface area contributed by atoms with Gasteiger partial charge in [0.2, 0.25) is 0 Å². The van der Waals surface area contributed by atoms with Crippen LogP contribution in [0.4, 0.5) is 0 Å². The van der Waals surface area contributed by atoms with Crippen molar-refractivity contribution in [1.29, 1.82) is 0 Å². The second-order valence-corrected chi connectivity index (χ2v) is 7.45. The van der Waals surface area contributed by atoms with Crippen molar-refractivity contribution in [3.05, 3.63) is 51.7 Å². The highest BCUT2D eigenvalue weighted by Crippen LogP contribution is 2.25. The van der Waals surface area contributed by atoms with E-state index in [1.807, 2.05) is 32.0 Å². The lowest BCUT2D eigenvalue weighted by Crippen LogP contribution is -2.44. The second-order valence-electron chi connectivity index (χ2n) is 6.47. The first-order chi connectivity index (χ1) is 12.6. The monoisotopic (exact) mass is 374 g/mol. The van der Waals surface area contributed by atoms with Crippen molar-refractivity contribution in [2.24, 2.45) is 0 Å². The minimum absolute atomic E-state index is 0.0323. The largest absolute Gasteiger partial charge is 0.483 e. The molecule has 1 aromatic carbocycles. The number of benzene rings is 1. The van der Waals surface area contributed by atoms with Gasteiger partial charge in [-0.1, -0.05) is 18.2 Å². The van der Waals surface area contributed by atoms with Crippen LogP contribution in [-0.2, 0) is 9.53 Å². The third-order valence-electron chi connectivity index (χ3n) is 4.76. The minimum Gasteiger partial charge on any atom is -0.483 e. The van der Waals surface area contributed by atoms with Gasteiger partial charge in [-0.05, 0) is 42.5 Å².